The molecule has 1 aliphatic heterocycles. The van der Waals surface area contributed by atoms with Crippen LogP contribution in [0.3, 0.4) is 0 Å². The molecule has 0 unspecified atom stereocenters. The third-order valence-electron chi connectivity index (χ3n) is 4.01. The van der Waals surface area contributed by atoms with Crippen LogP contribution in [0, 0.1) is 0 Å². The molecule has 0 saturated heterocycles. The first-order chi connectivity index (χ1) is 12.4. The maximum absolute atomic E-state index is 12.9. The number of carbonyl (C=O) groups excluding carboxylic acids is 1. The van der Waals surface area contributed by atoms with Gasteiger partial charge < -0.3 is 14.2 Å². The molecule has 8 heteroatoms. The van der Waals surface area contributed by atoms with E-state index in [0.29, 0.717) is 11.5 Å². The number of likely N-dealkylation sites (N-methyl/N-ethyl adjacent to an activating group) is 1. The van der Waals surface area contributed by atoms with Crippen molar-refractivity contribution >= 4 is 16.0 Å². The SMILES string of the molecule is COC(=O)c1ccccc1S(=O)(=O)N(C)C[C@@H]1COc2ccccc2O1. The van der Waals surface area contributed by atoms with Crippen LogP contribution < -0.4 is 9.47 Å². The number of para-hydroxylation sites is 2. The summed E-state index contributed by atoms with van der Waals surface area (Å²) in [6, 6.07) is 13.2. The third-order valence-corrected chi connectivity index (χ3v) is 5.89. The number of sulfonamides is 1. The molecule has 0 amide bonds. The summed E-state index contributed by atoms with van der Waals surface area (Å²) in [6.45, 7) is 0.307. The van der Waals surface area contributed by atoms with Crippen molar-refractivity contribution in [2.45, 2.75) is 11.0 Å². The van der Waals surface area contributed by atoms with Crippen LogP contribution in [-0.4, -0.2) is 52.1 Å². The van der Waals surface area contributed by atoms with E-state index in [2.05, 4.69) is 4.74 Å². The molecule has 0 spiro atoms. The van der Waals surface area contributed by atoms with Crippen LogP contribution in [0.15, 0.2) is 53.4 Å². The number of ether oxygens (including phenoxy) is 3. The minimum absolute atomic E-state index is 0.00647. The molecule has 2 aromatic carbocycles. The fourth-order valence-electron chi connectivity index (χ4n) is 2.68. The summed E-state index contributed by atoms with van der Waals surface area (Å²) in [5.74, 6) is 0.499. The van der Waals surface area contributed by atoms with Gasteiger partial charge >= 0.3 is 5.97 Å². The van der Waals surface area contributed by atoms with Gasteiger partial charge in [-0.15, -0.1) is 0 Å². The van der Waals surface area contributed by atoms with E-state index in [1.807, 2.05) is 12.1 Å². The molecule has 0 bridgehead atoms. The van der Waals surface area contributed by atoms with Gasteiger partial charge in [0.05, 0.1) is 24.1 Å². The Morgan fingerprint density at radius 3 is 2.54 bits per heavy atom. The summed E-state index contributed by atoms with van der Waals surface area (Å²) in [4.78, 5) is 11.8. The van der Waals surface area contributed by atoms with E-state index in [1.165, 1.54) is 26.3 Å². The highest BCUT2D eigenvalue weighted by Gasteiger charge is 2.30. The number of esters is 1. The number of hydrogen-bond acceptors (Lipinski definition) is 6. The number of benzene rings is 2. The Morgan fingerprint density at radius 1 is 1.15 bits per heavy atom. The van der Waals surface area contributed by atoms with Crippen molar-refractivity contribution in [3.05, 3.63) is 54.1 Å². The van der Waals surface area contributed by atoms with Crippen LogP contribution in [0.4, 0.5) is 0 Å². The van der Waals surface area contributed by atoms with Gasteiger partial charge in [0.15, 0.2) is 11.5 Å². The maximum Gasteiger partial charge on any atom is 0.339 e. The van der Waals surface area contributed by atoms with Crippen molar-refractivity contribution < 1.29 is 27.4 Å². The highest BCUT2D eigenvalue weighted by Crippen LogP contribution is 2.31. The molecule has 2 aromatic rings. The second kappa shape index (κ2) is 7.35. The lowest BCUT2D eigenvalue weighted by atomic mass is 10.2. The standard InChI is InChI=1S/C18H19NO6S/c1-19(11-13-12-24-15-8-4-5-9-16(15)25-13)26(21,22)17-10-6-3-7-14(17)18(20)23-2/h3-10,13H,11-12H2,1-2H3/t13-/m1/s1. The first kappa shape index (κ1) is 18.2. The van der Waals surface area contributed by atoms with E-state index in [0.717, 1.165) is 4.31 Å². The van der Waals surface area contributed by atoms with Crippen molar-refractivity contribution in [2.24, 2.45) is 0 Å². The zero-order chi connectivity index (χ0) is 18.7. The minimum Gasteiger partial charge on any atom is -0.486 e. The Labute approximate surface area is 152 Å². The average Bonchev–Trinajstić information content (AvgIpc) is 2.67. The molecule has 0 aromatic heterocycles. The molecule has 3 rings (SSSR count). The first-order valence-electron chi connectivity index (χ1n) is 7.95. The van der Waals surface area contributed by atoms with Crippen LogP contribution in [0.5, 0.6) is 11.5 Å². The third kappa shape index (κ3) is 3.51. The molecule has 1 heterocycles. The average molecular weight is 377 g/mol. The number of hydrogen-bond donors (Lipinski definition) is 0. The van der Waals surface area contributed by atoms with Crippen LogP contribution in [0.1, 0.15) is 10.4 Å². The van der Waals surface area contributed by atoms with Gasteiger partial charge in [0.1, 0.15) is 12.7 Å². The normalized spacial score (nSPS) is 16.3. The Kier molecular flexibility index (Phi) is 5.15. The predicted molar refractivity (Wildman–Crippen MR) is 94.0 cm³/mol. The van der Waals surface area contributed by atoms with Crippen molar-refractivity contribution in [3.8, 4) is 11.5 Å². The molecule has 0 aliphatic carbocycles. The quantitative estimate of drug-likeness (QED) is 0.741. The minimum atomic E-state index is -3.90. The van der Waals surface area contributed by atoms with Crippen molar-refractivity contribution in [1.29, 1.82) is 0 Å². The lowest BCUT2D eigenvalue weighted by molar-refractivity contribution is 0.0596. The molecule has 1 aliphatic rings. The number of carbonyl (C=O) groups is 1. The Morgan fingerprint density at radius 2 is 1.81 bits per heavy atom. The Balaban J connectivity index is 1.80. The lowest BCUT2D eigenvalue weighted by Crippen LogP contribution is -2.42. The molecule has 26 heavy (non-hydrogen) atoms. The molecule has 0 N–H and O–H groups in total. The summed E-state index contributed by atoms with van der Waals surface area (Å²) in [7, 11) is -1.26. The van der Waals surface area contributed by atoms with E-state index < -0.39 is 22.1 Å². The Bertz CT molecular complexity index is 911. The molecule has 0 radical (unpaired) electrons. The largest absolute Gasteiger partial charge is 0.486 e. The van der Waals surface area contributed by atoms with Gasteiger partial charge in [0, 0.05) is 7.05 Å². The smallest absolute Gasteiger partial charge is 0.339 e. The summed E-state index contributed by atoms with van der Waals surface area (Å²) in [6.07, 6.45) is -0.463. The second-order valence-corrected chi connectivity index (χ2v) is 7.78. The highest BCUT2D eigenvalue weighted by atomic mass is 32.2. The zero-order valence-electron chi connectivity index (χ0n) is 14.4. The van der Waals surface area contributed by atoms with Gasteiger partial charge in [-0.1, -0.05) is 24.3 Å². The van der Waals surface area contributed by atoms with Gasteiger partial charge in [-0.05, 0) is 24.3 Å². The number of rotatable bonds is 5. The summed E-state index contributed by atoms with van der Waals surface area (Å²) >= 11 is 0. The van der Waals surface area contributed by atoms with Gasteiger partial charge in [-0.3, -0.25) is 0 Å². The monoisotopic (exact) mass is 377 g/mol. The number of nitrogens with zero attached hydrogens (tertiary/aromatic N) is 1. The fraction of sp³-hybridized carbons (Fsp3) is 0.278. The summed E-state index contributed by atoms with van der Waals surface area (Å²) in [5, 5.41) is 0. The van der Waals surface area contributed by atoms with E-state index in [4.69, 9.17) is 9.47 Å². The van der Waals surface area contributed by atoms with Crippen molar-refractivity contribution in [2.75, 3.05) is 27.3 Å². The van der Waals surface area contributed by atoms with Gasteiger partial charge in [-0.2, -0.15) is 4.31 Å². The molecule has 0 fully saturated rings. The summed E-state index contributed by atoms with van der Waals surface area (Å²) in [5.41, 5.74) is -0.00647. The number of fused-ring (bicyclic) bond motifs is 1. The first-order valence-corrected chi connectivity index (χ1v) is 9.39. The van der Waals surface area contributed by atoms with E-state index >= 15 is 0 Å². The van der Waals surface area contributed by atoms with Gasteiger partial charge in [-0.25, -0.2) is 13.2 Å². The predicted octanol–water partition coefficient (Wildman–Crippen LogP) is 1.93. The van der Waals surface area contributed by atoms with Crippen LogP contribution in [0.2, 0.25) is 0 Å². The van der Waals surface area contributed by atoms with Crippen LogP contribution >= 0.6 is 0 Å². The summed E-state index contributed by atoms with van der Waals surface area (Å²) < 4.78 is 43.1. The van der Waals surface area contributed by atoms with Crippen molar-refractivity contribution in [1.82, 2.24) is 4.31 Å². The maximum atomic E-state index is 12.9. The fourth-order valence-corrected chi connectivity index (χ4v) is 4.05. The van der Waals surface area contributed by atoms with E-state index in [9.17, 15) is 13.2 Å². The molecular weight excluding hydrogens is 358 g/mol. The number of methoxy groups -OCH3 is 1. The van der Waals surface area contributed by atoms with Gasteiger partial charge in [0.2, 0.25) is 10.0 Å². The van der Waals surface area contributed by atoms with Crippen LogP contribution in [0.25, 0.3) is 0 Å². The van der Waals surface area contributed by atoms with Crippen LogP contribution in [-0.2, 0) is 14.8 Å². The second-order valence-electron chi connectivity index (χ2n) is 5.77. The highest BCUT2D eigenvalue weighted by molar-refractivity contribution is 7.89. The molecular formula is C18H19NO6S. The van der Waals surface area contributed by atoms with Crippen molar-refractivity contribution in [3.63, 3.8) is 0 Å². The lowest BCUT2D eigenvalue weighted by Gasteiger charge is -2.29. The van der Waals surface area contributed by atoms with E-state index in [-0.39, 0.29) is 23.6 Å². The molecule has 7 nitrogen and oxygen atoms in total. The Hall–Kier alpha value is -2.58. The molecule has 0 saturated carbocycles. The topological polar surface area (TPSA) is 82.1 Å². The molecule has 1 atom stereocenters. The molecule has 138 valence electrons. The van der Waals surface area contributed by atoms with Gasteiger partial charge in [0.25, 0.3) is 0 Å². The van der Waals surface area contributed by atoms with E-state index in [1.54, 1.807) is 24.3 Å². The zero-order valence-corrected chi connectivity index (χ0v) is 15.2.